The smallest absolute Gasteiger partial charge is 0.231 e. The number of ether oxygens (including phenoxy) is 2. The Labute approximate surface area is 152 Å². The maximum absolute atomic E-state index is 12.5. The second-order valence-electron chi connectivity index (χ2n) is 6.28. The second-order valence-corrected chi connectivity index (χ2v) is 6.28. The van der Waals surface area contributed by atoms with E-state index in [1.54, 1.807) is 6.08 Å². The lowest BCUT2D eigenvalue weighted by molar-refractivity contribution is 0.101. The van der Waals surface area contributed by atoms with Crippen molar-refractivity contribution in [2.75, 3.05) is 0 Å². The molecule has 1 aliphatic rings. The van der Waals surface area contributed by atoms with Gasteiger partial charge in [0.25, 0.3) is 0 Å². The molecule has 0 atom stereocenters. The molecule has 0 bridgehead atoms. The van der Waals surface area contributed by atoms with E-state index >= 15 is 0 Å². The van der Waals surface area contributed by atoms with E-state index in [1.165, 1.54) is 0 Å². The third-order valence-corrected chi connectivity index (χ3v) is 4.25. The zero-order valence-electron chi connectivity index (χ0n) is 14.4. The van der Waals surface area contributed by atoms with Crippen LogP contribution in [-0.4, -0.2) is 5.78 Å². The van der Waals surface area contributed by atoms with Crippen molar-refractivity contribution in [1.82, 2.24) is 0 Å². The topological polar surface area (TPSA) is 35.5 Å². The molecule has 3 aromatic rings. The lowest BCUT2D eigenvalue weighted by Gasteiger charge is -2.06. The first-order valence-electron chi connectivity index (χ1n) is 8.51. The first-order chi connectivity index (χ1) is 12.7. The van der Waals surface area contributed by atoms with Gasteiger partial charge in [-0.1, -0.05) is 54.1 Å². The molecule has 0 saturated carbocycles. The van der Waals surface area contributed by atoms with Crippen LogP contribution in [0.5, 0.6) is 11.5 Å². The summed E-state index contributed by atoms with van der Waals surface area (Å²) in [5, 5.41) is 0. The van der Waals surface area contributed by atoms with Gasteiger partial charge in [-0.15, -0.1) is 0 Å². The normalized spacial score (nSPS) is 14.2. The first kappa shape index (κ1) is 16.2. The van der Waals surface area contributed by atoms with Crippen LogP contribution in [0.3, 0.4) is 0 Å². The molecular formula is C23H18O3. The number of aryl methyl sites for hydroxylation is 1. The summed E-state index contributed by atoms with van der Waals surface area (Å²) in [5.74, 6) is 1.68. The molecule has 0 saturated heterocycles. The summed E-state index contributed by atoms with van der Waals surface area (Å²) in [6.45, 7) is 2.49. The molecule has 3 heteroatoms. The van der Waals surface area contributed by atoms with Gasteiger partial charge in [0, 0.05) is 0 Å². The van der Waals surface area contributed by atoms with Gasteiger partial charge in [-0.05, 0) is 48.4 Å². The van der Waals surface area contributed by atoms with E-state index in [9.17, 15) is 4.79 Å². The molecule has 0 radical (unpaired) electrons. The average Bonchev–Trinajstić information content (AvgIpc) is 2.97. The molecule has 3 nitrogen and oxygen atoms in total. The van der Waals surface area contributed by atoms with E-state index in [1.807, 2.05) is 79.7 Å². The number of rotatable bonds is 4. The third kappa shape index (κ3) is 3.38. The molecule has 0 aliphatic carbocycles. The highest BCUT2D eigenvalue weighted by Crippen LogP contribution is 2.32. The van der Waals surface area contributed by atoms with E-state index in [0.29, 0.717) is 23.7 Å². The maximum atomic E-state index is 12.5. The summed E-state index contributed by atoms with van der Waals surface area (Å²) in [6.07, 6.45) is 1.76. The molecule has 0 unspecified atom stereocenters. The van der Waals surface area contributed by atoms with Crippen LogP contribution in [0, 0.1) is 6.92 Å². The van der Waals surface area contributed by atoms with Gasteiger partial charge in [0.1, 0.15) is 18.1 Å². The molecule has 3 aromatic carbocycles. The Kier molecular flexibility index (Phi) is 4.28. The molecular weight excluding hydrogens is 324 g/mol. The van der Waals surface area contributed by atoms with Gasteiger partial charge in [0.2, 0.25) is 5.78 Å². The zero-order valence-corrected chi connectivity index (χ0v) is 14.4. The lowest BCUT2D eigenvalue weighted by atomic mass is 10.1. The van der Waals surface area contributed by atoms with Gasteiger partial charge in [0.05, 0.1) is 5.56 Å². The van der Waals surface area contributed by atoms with Gasteiger partial charge >= 0.3 is 0 Å². The fourth-order valence-corrected chi connectivity index (χ4v) is 2.86. The average molecular weight is 342 g/mol. The van der Waals surface area contributed by atoms with E-state index in [4.69, 9.17) is 9.47 Å². The second kappa shape index (κ2) is 6.89. The summed E-state index contributed by atoms with van der Waals surface area (Å²) < 4.78 is 11.5. The quantitative estimate of drug-likeness (QED) is 0.612. The van der Waals surface area contributed by atoms with Crippen molar-refractivity contribution in [1.29, 1.82) is 0 Å². The number of carbonyl (C=O) groups excluding carboxylic acids is 1. The summed E-state index contributed by atoms with van der Waals surface area (Å²) in [6, 6.07) is 23.3. The van der Waals surface area contributed by atoms with Crippen LogP contribution in [0.15, 0.2) is 78.6 Å². The highest BCUT2D eigenvalue weighted by molar-refractivity contribution is 6.14. The minimum Gasteiger partial charge on any atom is -0.489 e. The number of Topliss-reactive ketones (excluding diaryl/α,β-unsaturated/α-hetero) is 1. The molecule has 0 N–H and O–H groups in total. The molecule has 4 rings (SSSR count). The largest absolute Gasteiger partial charge is 0.489 e. The first-order valence-corrected chi connectivity index (χ1v) is 8.51. The highest BCUT2D eigenvalue weighted by atomic mass is 16.5. The van der Waals surface area contributed by atoms with Crippen LogP contribution < -0.4 is 9.47 Å². The minimum absolute atomic E-state index is 0.0758. The fraction of sp³-hybridized carbons (Fsp3) is 0.0870. The van der Waals surface area contributed by atoms with Crippen LogP contribution in [0.4, 0.5) is 0 Å². The summed E-state index contributed by atoms with van der Waals surface area (Å²) in [7, 11) is 0. The summed E-state index contributed by atoms with van der Waals surface area (Å²) in [4.78, 5) is 12.5. The van der Waals surface area contributed by atoms with Crippen molar-refractivity contribution in [3.05, 3.63) is 101 Å². The van der Waals surface area contributed by atoms with E-state index in [2.05, 4.69) is 0 Å². The van der Waals surface area contributed by atoms with Crippen LogP contribution in [0.1, 0.15) is 27.0 Å². The molecule has 0 amide bonds. The maximum Gasteiger partial charge on any atom is 0.231 e. The SMILES string of the molecule is Cc1ccc2c(c1)C(=O)/C(=C/c1ccc(OCc3ccccc3)cc1)O2. The molecule has 1 aliphatic heterocycles. The van der Waals surface area contributed by atoms with Crippen LogP contribution in [-0.2, 0) is 6.61 Å². The number of benzene rings is 3. The van der Waals surface area contributed by atoms with Crippen molar-refractivity contribution in [3.63, 3.8) is 0 Å². The van der Waals surface area contributed by atoms with Crippen molar-refractivity contribution < 1.29 is 14.3 Å². The Morgan fingerprint density at radius 2 is 1.73 bits per heavy atom. The summed E-state index contributed by atoms with van der Waals surface area (Å²) >= 11 is 0. The standard InChI is InChI=1S/C23H18O3/c1-16-7-12-21-20(13-16)23(24)22(26-21)14-17-8-10-19(11-9-17)25-15-18-5-3-2-4-6-18/h2-14H,15H2,1H3/b22-14-. The number of fused-ring (bicyclic) bond motifs is 1. The Morgan fingerprint density at radius 1 is 0.962 bits per heavy atom. The Hall–Kier alpha value is -3.33. The Morgan fingerprint density at radius 3 is 2.50 bits per heavy atom. The van der Waals surface area contributed by atoms with Crippen LogP contribution >= 0.6 is 0 Å². The fourth-order valence-electron chi connectivity index (χ4n) is 2.86. The van der Waals surface area contributed by atoms with Gasteiger partial charge in [-0.3, -0.25) is 4.79 Å². The predicted molar refractivity (Wildman–Crippen MR) is 101 cm³/mol. The highest BCUT2D eigenvalue weighted by Gasteiger charge is 2.27. The third-order valence-electron chi connectivity index (χ3n) is 4.25. The van der Waals surface area contributed by atoms with E-state index in [-0.39, 0.29) is 5.78 Å². The number of carbonyl (C=O) groups is 1. The molecule has 0 spiro atoms. The number of hydrogen-bond donors (Lipinski definition) is 0. The van der Waals surface area contributed by atoms with Crippen LogP contribution in [0.25, 0.3) is 6.08 Å². The molecule has 1 heterocycles. The molecule has 0 fully saturated rings. The number of hydrogen-bond acceptors (Lipinski definition) is 3. The van der Waals surface area contributed by atoms with E-state index in [0.717, 1.165) is 22.4 Å². The zero-order chi connectivity index (χ0) is 17.9. The lowest BCUT2D eigenvalue weighted by Crippen LogP contribution is -1.98. The van der Waals surface area contributed by atoms with Crippen molar-refractivity contribution in [2.24, 2.45) is 0 Å². The van der Waals surface area contributed by atoms with E-state index < -0.39 is 0 Å². The van der Waals surface area contributed by atoms with Gasteiger partial charge < -0.3 is 9.47 Å². The predicted octanol–water partition coefficient (Wildman–Crippen LogP) is 5.19. The Bertz CT molecular complexity index is 970. The van der Waals surface area contributed by atoms with Gasteiger partial charge in [0.15, 0.2) is 5.76 Å². The molecule has 0 aromatic heterocycles. The monoisotopic (exact) mass is 342 g/mol. The van der Waals surface area contributed by atoms with Crippen molar-refractivity contribution in [2.45, 2.75) is 13.5 Å². The number of ketones is 1. The van der Waals surface area contributed by atoms with Crippen LogP contribution in [0.2, 0.25) is 0 Å². The summed E-state index contributed by atoms with van der Waals surface area (Å²) in [5.41, 5.74) is 3.68. The van der Waals surface area contributed by atoms with Gasteiger partial charge in [-0.2, -0.15) is 0 Å². The molecule has 128 valence electrons. The van der Waals surface area contributed by atoms with Crippen molar-refractivity contribution >= 4 is 11.9 Å². The number of allylic oxidation sites excluding steroid dienone is 1. The van der Waals surface area contributed by atoms with Gasteiger partial charge in [-0.25, -0.2) is 0 Å². The minimum atomic E-state index is -0.0758. The van der Waals surface area contributed by atoms with Crippen molar-refractivity contribution in [3.8, 4) is 11.5 Å². The molecule has 26 heavy (non-hydrogen) atoms. The Balaban J connectivity index is 1.46.